The van der Waals surface area contributed by atoms with Crippen molar-refractivity contribution in [1.29, 1.82) is 0 Å². The predicted octanol–water partition coefficient (Wildman–Crippen LogP) is 2.20. The van der Waals surface area contributed by atoms with Gasteiger partial charge in [-0.1, -0.05) is 25.1 Å². The molecule has 0 aliphatic carbocycles. The van der Waals surface area contributed by atoms with Crippen LogP contribution in [0.5, 0.6) is 0 Å². The van der Waals surface area contributed by atoms with Crippen LogP contribution < -0.4 is 4.72 Å². The molecule has 0 spiro atoms. The number of carboxylic acids is 1. The summed E-state index contributed by atoms with van der Waals surface area (Å²) in [5.41, 5.74) is 2.01. The normalized spacial score (nSPS) is 11.2. The molecule has 8 heteroatoms. The Kier molecular flexibility index (Phi) is 4.05. The van der Waals surface area contributed by atoms with Gasteiger partial charge in [0.1, 0.15) is 0 Å². The summed E-state index contributed by atoms with van der Waals surface area (Å²) in [6.07, 6.45) is 0.660. The van der Waals surface area contributed by atoms with Crippen molar-refractivity contribution in [3.8, 4) is 0 Å². The molecule has 0 radical (unpaired) electrons. The fourth-order valence-corrected chi connectivity index (χ4v) is 3.93. The van der Waals surface area contributed by atoms with Gasteiger partial charge in [-0.2, -0.15) is 0 Å². The Bertz CT molecular complexity index is 737. The first kappa shape index (κ1) is 14.5. The van der Waals surface area contributed by atoms with Crippen molar-refractivity contribution in [2.45, 2.75) is 17.6 Å². The molecule has 20 heavy (non-hydrogen) atoms. The summed E-state index contributed by atoms with van der Waals surface area (Å²) in [6.45, 7) is 1.91. The minimum absolute atomic E-state index is 0.295. The van der Waals surface area contributed by atoms with Crippen LogP contribution in [0.25, 0.3) is 0 Å². The van der Waals surface area contributed by atoms with Gasteiger partial charge in [0, 0.05) is 0 Å². The van der Waals surface area contributed by atoms with E-state index in [1.165, 1.54) is 5.51 Å². The van der Waals surface area contributed by atoms with E-state index in [9.17, 15) is 13.2 Å². The number of benzene rings is 1. The number of para-hydroxylation sites is 1. The number of aromatic nitrogens is 1. The second-order valence-electron chi connectivity index (χ2n) is 3.91. The lowest BCUT2D eigenvalue weighted by Crippen LogP contribution is -2.16. The van der Waals surface area contributed by atoms with Gasteiger partial charge in [-0.05, 0) is 18.1 Å². The molecule has 0 aliphatic rings. The zero-order chi connectivity index (χ0) is 14.8. The summed E-state index contributed by atoms with van der Waals surface area (Å²) < 4.78 is 26.6. The molecule has 0 atom stereocenters. The molecular weight excluding hydrogens is 300 g/mol. The molecule has 6 nitrogen and oxygen atoms in total. The Morgan fingerprint density at radius 2 is 2.10 bits per heavy atom. The van der Waals surface area contributed by atoms with E-state index in [0.29, 0.717) is 12.1 Å². The highest BCUT2D eigenvalue weighted by Crippen LogP contribution is 2.25. The van der Waals surface area contributed by atoms with E-state index in [0.717, 1.165) is 16.9 Å². The third-order valence-electron chi connectivity index (χ3n) is 2.62. The van der Waals surface area contributed by atoms with E-state index in [4.69, 9.17) is 5.11 Å². The van der Waals surface area contributed by atoms with Gasteiger partial charge in [-0.25, -0.2) is 18.2 Å². The highest BCUT2D eigenvalue weighted by molar-refractivity contribution is 7.94. The van der Waals surface area contributed by atoms with Gasteiger partial charge < -0.3 is 5.11 Å². The summed E-state index contributed by atoms with van der Waals surface area (Å²) in [6, 6.07) is 6.97. The van der Waals surface area contributed by atoms with Crippen LogP contribution in [0.1, 0.15) is 23.0 Å². The summed E-state index contributed by atoms with van der Waals surface area (Å²) >= 11 is 0.775. The van der Waals surface area contributed by atoms with Crippen LogP contribution >= 0.6 is 11.3 Å². The Hall–Kier alpha value is -1.93. The molecule has 106 valence electrons. The van der Waals surface area contributed by atoms with Crippen LogP contribution in [0.3, 0.4) is 0 Å². The van der Waals surface area contributed by atoms with Crippen molar-refractivity contribution < 1.29 is 18.3 Å². The van der Waals surface area contributed by atoms with Gasteiger partial charge in [0.05, 0.1) is 11.2 Å². The van der Waals surface area contributed by atoms with Crippen molar-refractivity contribution in [2.24, 2.45) is 0 Å². The second kappa shape index (κ2) is 5.59. The Morgan fingerprint density at radius 1 is 1.40 bits per heavy atom. The molecule has 0 amide bonds. The molecule has 0 saturated heterocycles. The van der Waals surface area contributed by atoms with Crippen LogP contribution in [-0.4, -0.2) is 24.5 Å². The summed E-state index contributed by atoms with van der Waals surface area (Å²) in [4.78, 5) is 14.5. The number of hydrogen-bond acceptors (Lipinski definition) is 5. The first-order valence-electron chi connectivity index (χ1n) is 5.73. The molecule has 2 N–H and O–H groups in total. The van der Waals surface area contributed by atoms with E-state index in [2.05, 4.69) is 9.71 Å². The number of aromatic carboxylic acids is 1. The maximum absolute atomic E-state index is 12.3. The Morgan fingerprint density at radius 3 is 2.75 bits per heavy atom. The SMILES string of the molecule is CCc1ccccc1NS(=O)(=O)c1scnc1C(=O)O. The maximum atomic E-state index is 12.3. The zero-order valence-electron chi connectivity index (χ0n) is 10.5. The maximum Gasteiger partial charge on any atom is 0.356 e. The molecule has 0 saturated carbocycles. The topological polar surface area (TPSA) is 96.4 Å². The molecule has 0 fully saturated rings. The van der Waals surface area contributed by atoms with Gasteiger partial charge >= 0.3 is 5.97 Å². The fourth-order valence-electron chi connectivity index (χ4n) is 1.69. The van der Waals surface area contributed by atoms with Gasteiger partial charge in [-0.15, -0.1) is 11.3 Å². The number of sulfonamides is 1. The number of nitrogens with zero attached hydrogens (tertiary/aromatic N) is 1. The number of aryl methyl sites for hydroxylation is 1. The average molecular weight is 312 g/mol. The Balaban J connectivity index is 2.41. The van der Waals surface area contributed by atoms with Crippen molar-refractivity contribution in [2.75, 3.05) is 4.72 Å². The zero-order valence-corrected chi connectivity index (χ0v) is 12.2. The molecule has 2 rings (SSSR count). The largest absolute Gasteiger partial charge is 0.476 e. The van der Waals surface area contributed by atoms with Gasteiger partial charge in [0.15, 0.2) is 9.90 Å². The monoisotopic (exact) mass is 312 g/mol. The van der Waals surface area contributed by atoms with E-state index in [-0.39, 0.29) is 4.21 Å². The van der Waals surface area contributed by atoms with Crippen molar-refractivity contribution in [3.63, 3.8) is 0 Å². The van der Waals surface area contributed by atoms with Crippen molar-refractivity contribution in [3.05, 3.63) is 41.0 Å². The highest BCUT2D eigenvalue weighted by Gasteiger charge is 2.26. The van der Waals surface area contributed by atoms with E-state index < -0.39 is 21.7 Å². The third-order valence-corrected chi connectivity index (χ3v) is 5.36. The van der Waals surface area contributed by atoms with Crippen LogP contribution in [0.4, 0.5) is 5.69 Å². The lowest BCUT2D eigenvalue weighted by Gasteiger charge is -2.10. The number of nitrogens with one attached hydrogen (secondary N) is 1. The molecule has 1 aromatic heterocycles. The summed E-state index contributed by atoms with van der Waals surface area (Å²) in [7, 11) is -3.95. The van der Waals surface area contributed by atoms with Crippen LogP contribution in [0.2, 0.25) is 0 Å². The van der Waals surface area contributed by atoms with Crippen molar-refractivity contribution in [1.82, 2.24) is 4.98 Å². The highest BCUT2D eigenvalue weighted by atomic mass is 32.2. The average Bonchev–Trinajstić information content (AvgIpc) is 2.89. The van der Waals surface area contributed by atoms with E-state index in [1.807, 2.05) is 19.1 Å². The van der Waals surface area contributed by atoms with E-state index in [1.54, 1.807) is 12.1 Å². The van der Waals surface area contributed by atoms with Crippen LogP contribution in [0, 0.1) is 0 Å². The van der Waals surface area contributed by atoms with Gasteiger partial charge in [0.2, 0.25) is 0 Å². The molecule has 1 aromatic carbocycles. The quantitative estimate of drug-likeness (QED) is 0.882. The van der Waals surface area contributed by atoms with Gasteiger partial charge in [-0.3, -0.25) is 4.72 Å². The fraction of sp³-hybridized carbons (Fsp3) is 0.167. The molecule has 0 bridgehead atoms. The number of rotatable bonds is 5. The number of carbonyl (C=O) groups is 1. The summed E-state index contributed by atoms with van der Waals surface area (Å²) in [5, 5.41) is 8.94. The third kappa shape index (κ3) is 2.81. The van der Waals surface area contributed by atoms with Gasteiger partial charge in [0.25, 0.3) is 10.0 Å². The summed E-state index contributed by atoms with van der Waals surface area (Å²) in [5.74, 6) is -1.37. The van der Waals surface area contributed by atoms with Crippen LogP contribution in [-0.2, 0) is 16.4 Å². The van der Waals surface area contributed by atoms with E-state index >= 15 is 0 Å². The Labute approximate surface area is 120 Å². The first-order valence-corrected chi connectivity index (χ1v) is 8.09. The minimum Gasteiger partial charge on any atom is -0.476 e. The second-order valence-corrected chi connectivity index (χ2v) is 6.64. The molecule has 0 unspecified atom stereocenters. The predicted molar refractivity (Wildman–Crippen MR) is 75.7 cm³/mol. The minimum atomic E-state index is -3.95. The lowest BCUT2D eigenvalue weighted by atomic mass is 10.1. The number of thiazole rings is 1. The smallest absolute Gasteiger partial charge is 0.356 e. The number of hydrogen-bond donors (Lipinski definition) is 2. The molecule has 2 aromatic rings. The van der Waals surface area contributed by atoms with Crippen molar-refractivity contribution >= 4 is 33.0 Å². The van der Waals surface area contributed by atoms with Crippen LogP contribution in [0.15, 0.2) is 34.0 Å². The first-order chi connectivity index (χ1) is 9.45. The lowest BCUT2D eigenvalue weighted by molar-refractivity contribution is 0.0687. The standard InChI is InChI=1S/C12H12N2O4S2/c1-2-8-5-3-4-6-9(8)14-20(17,18)12-10(11(15)16)13-7-19-12/h3-7,14H,2H2,1H3,(H,15,16). The molecular formula is C12H12N2O4S2. The number of anilines is 1. The molecule has 0 aliphatic heterocycles. The molecule has 1 heterocycles. The number of carboxylic acid groups (broad SMARTS) is 1.